The van der Waals surface area contributed by atoms with Gasteiger partial charge in [-0.3, -0.25) is 0 Å². The van der Waals surface area contributed by atoms with Crippen molar-refractivity contribution in [2.45, 2.75) is 51.9 Å². The Balaban J connectivity index is 3.24. The van der Waals surface area contributed by atoms with Crippen LogP contribution in [0.4, 0.5) is 0 Å². The van der Waals surface area contributed by atoms with Gasteiger partial charge in [0.15, 0.2) is 0 Å². The monoisotopic (exact) mass is 178 g/mol. The molecule has 0 fully saturated rings. The van der Waals surface area contributed by atoms with Crippen LogP contribution in [0.5, 0.6) is 0 Å². The fourth-order valence-electron chi connectivity index (χ4n) is 1.28. The second kappa shape index (κ2) is 9.65. The van der Waals surface area contributed by atoms with E-state index in [2.05, 4.69) is 32.6 Å². The molecule has 0 aromatic rings. The first-order valence-corrected chi connectivity index (χ1v) is 5.35. The first-order valence-electron chi connectivity index (χ1n) is 5.35. The van der Waals surface area contributed by atoms with Crippen molar-refractivity contribution in [1.82, 2.24) is 0 Å². The summed E-state index contributed by atoms with van der Waals surface area (Å²) in [5, 5.41) is 0. The van der Waals surface area contributed by atoms with Crippen molar-refractivity contribution in [2.24, 2.45) is 5.92 Å². The maximum absolute atomic E-state index is 3.83. The zero-order chi connectivity index (χ0) is 9.94. The normalized spacial score (nSPS) is 11.9. The van der Waals surface area contributed by atoms with Crippen LogP contribution in [-0.4, -0.2) is 0 Å². The summed E-state index contributed by atoms with van der Waals surface area (Å²) in [6.45, 7) is 9.80. The molecule has 0 nitrogen and oxygen atoms in total. The Morgan fingerprint density at radius 3 is 2.46 bits per heavy atom. The zero-order valence-corrected chi connectivity index (χ0v) is 8.94. The number of hydrogen-bond acceptors (Lipinski definition) is 0. The van der Waals surface area contributed by atoms with Crippen molar-refractivity contribution >= 4 is 0 Å². The van der Waals surface area contributed by atoms with Gasteiger partial charge in [0.1, 0.15) is 0 Å². The van der Waals surface area contributed by atoms with Gasteiger partial charge in [-0.1, -0.05) is 39.5 Å². The highest BCUT2D eigenvalue weighted by Crippen LogP contribution is 2.12. The predicted octanol–water partition coefficient (Wildman–Crippen LogP) is 4.02. The summed E-state index contributed by atoms with van der Waals surface area (Å²) in [7, 11) is 0. The van der Waals surface area contributed by atoms with Crippen molar-refractivity contribution in [3.8, 4) is 11.8 Å². The molecule has 0 aromatic carbocycles. The average Bonchev–Trinajstić information content (AvgIpc) is 2.13. The first-order chi connectivity index (χ1) is 6.31. The summed E-state index contributed by atoms with van der Waals surface area (Å²) in [6, 6.07) is 0. The molecule has 0 heterocycles. The standard InChI is InChI=1S/C13H22/c1-4-6-8-10-12-13(3)11-9-7-5-2/h13H,1-2,4-6,8,10-12H2,3H3. The van der Waals surface area contributed by atoms with E-state index in [1.165, 1.54) is 25.7 Å². The molecular weight excluding hydrogens is 156 g/mol. The van der Waals surface area contributed by atoms with Crippen LogP contribution in [-0.2, 0) is 0 Å². The molecule has 13 heavy (non-hydrogen) atoms. The Labute approximate surface area is 84.1 Å². The van der Waals surface area contributed by atoms with Crippen LogP contribution in [0, 0.1) is 31.6 Å². The number of unbranched alkanes of at least 4 members (excludes halogenated alkanes) is 3. The molecule has 0 spiro atoms. The van der Waals surface area contributed by atoms with Gasteiger partial charge in [-0.25, -0.2) is 0 Å². The quantitative estimate of drug-likeness (QED) is 0.425. The van der Waals surface area contributed by atoms with Gasteiger partial charge in [-0.2, -0.15) is 0 Å². The topological polar surface area (TPSA) is 0 Å². The van der Waals surface area contributed by atoms with Gasteiger partial charge in [0.2, 0.25) is 0 Å². The Hall–Kier alpha value is -0.440. The molecule has 0 N–H and O–H groups in total. The Kier molecular flexibility index (Phi) is 9.32. The Morgan fingerprint density at radius 1 is 1.08 bits per heavy atom. The average molecular weight is 178 g/mol. The zero-order valence-electron chi connectivity index (χ0n) is 8.94. The molecule has 0 aliphatic rings. The molecule has 0 amide bonds. The van der Waals surface area contributed by atoms with Crippen LogP contribution in [0.1, 0.15) is 51.9 Å². The fraction of sp³-hybridized carbons (Fsp3) is 0.692. The van der Waals surface area contributed by atoms with Gasteiger partial charge in [0.05, 0.1) is 0 Å². The molecule has 0 bridgehead atoms. The summed E-state index contributed by atoms with van der Waals surface area (Å²) >= 11 is 0. The summed E-state index contributed by atoms with van der Waals surface area (Å²) in [5.74, 6) is 6.91. The minimum absolute atomic E-state index is 0.744. The third kappa shape index (κ3) is 9.47. The molecule has 0 saturated heterocycles. The van der Waals surface area contributed by atoms with Crippen LogP contribution in [0.3, 0.4) is 0 Å². The Bertz CT molecular complexity index is 147. The SMILES string of the molecule is [CH2]CC#CCC(C)CCCCC[CH2]. The van der Waals surface area contributed by atoms with Gasteiger partial charge in [-0.15, -0.1) is 11.8 Å². The maximum atomic E-state index is 3.83. The van der Waals surface area contributed by atoms with E-state index < -0.39 is 0 Å². The third-order valence-electron chi connectivity index (χ3n) is 2.15. The highest BCUT2D eigenvalue weighted by molar-refractivity contribution is 5.00. The minimum Gasteiger partial charge on any atom is -0.103 e. The maximum Gasteiger partial charge on any atom is 0.0114 e. The fourth-order valence-corrected chi connectivity index (χ4v) is 1.28. The lowest BCUT2D eigenvalue weighted by Gasteiger charge is -2.06. The molecule has 0 aliphatic heterocycles. The molecule has 0 rings (SSSR count). The molecule has 0 saturated carbocycles. The van der Waals surface area contributed by atoms with Gasteiger partial charge in [-0.05, 0) is 19.3 Å². The van der Waals surface area contributed by atoms with Crippen molar-refractivity contribution in [1.29, 1.82) is 0 Å². The van der Waals surface area contributed by atoms with Gasteiger partial charge in [0, 0.05) is 12.8 Å². The van der Waals surface area contributed by atoms with Crippen molar-refractivity contribution < 1.29 is 0 Å². The molecule has 0 aromatic heterocycles. The summed E-state index contributed by atoms with van der Waals surface area (Å²) in [4.78, 5) is 0. The van der Waals surface area contributed by atoms with E-state index in [4.69, 9.17) is 0 Å². The molecular formula is C13H22. The molecule has 1 atom stereocenters. The Morgan fingerprint density at radius 2 is 1.85 bits per heavy atom. The number of rotatable bonds is 6. The smallest absolute Gasteiger partial charge is 0.0114 e. The van der Waals surface area contributed by atoms with E-state index in [9.17, 15) is 0 Å². The van der Waals surface area contributed by atoms with E-state index in [0.29, 0.717) is 0 Å². The minimum atomic E-state index is 0.744. The predicted molar refractivity (Wildman–Crippen MR) is 60.0 cm³/mol. The third-order valence-corrected chi connectivity index (χ3v) is 2.15. The van der Waals surface area contributed by atoms with Crippen LogP contribution in [0.15, 0.2) is 0 Å². The van der Waals surface area contributed by atoms with E-state index >= 15 is 0 Å². The number of hydrogen-bond donors (Lipinski definition) is 0. The van der Waals surface area contributed by atoms with E-state index in [1.807, 2.05) is 0 Å². The lowest BCUT2D eigenvalue weighted by Crippen LogP contribution is -1.92. The molecule has 0 aliphatic carbocycles. The van der Waals surface area contributed by atoms with E-state index in [-0.39, 0.29) is 0 Å². The summed E-state index contributed by atoms with van der Waals surface area (Å²) in [6.07, 6.45) is 8.12. The van der Waals surface area contributed by atoms with Crippen molar-refractivity contribution in [2.75, 3.05) is 0 Å². The second-order valence-electron chi connectivity index (χ2n) is 3.62. The van der Waals surface area contributed by atoms with Crippen LogP contribution < -0.4 is 0 Å². The first kappa shape index (κ1) is 12.6. The summed E-state index contributed by atoms with van der Waals surface area (Å²) < 4.78 is 0. The van der Waals surface area contributed by atoms with Crippen molar-refractivity contribution in [3.63, 3.8) is 0 Å². The molecule has 1 unspecified atom stereocenters. The van der Waals surface area contributed by atoms with Crippen molar-refractivity contribution in [3.05, 3.63) is 13.8 Å². The van der Waals surface area contributed by atoms with Crippen LogP contribution in [0.25, 0.3) is 0 Å². The highest BCUT2D eigenvalue weighted by Gasteiger charge is 1.98. The van der Waals surface area contributed by atoms with Crippen LogP contribution in [0.2, 0.25) is 0 Å². The lowest BCUT2D eigenvalue weighted by molar-refractivity contribution is 0.502. The van der Waals surface area contributed by atoms with Crippen LogP contribution >= 0.6 is 0 Å². The van der Waals surface area contributed by atoms with Gasteiger partial charge < -0.3 is 0 Å². The lowest BCUT2D eigenvalue weighted by atomic mass is 10.00. The molecule has 2 radical (unpaired) electrons. The van der Waals surface area contributed by atoms with Gasteiger partial charge >= 0.3 is 0 Å². The molecule has 74 valence electrons. The highest BCUT2D eigenvalue weighted by atomic mass is 14.0. The van der Waals surface area contributed by atoms with E-state index in [1.54, 1.807) is 0 Å². The second-order valence-corrected chi connectivity index (χ2v) is 3.62. The van der Waals surface area contributed by atoms with E-state index in [0.717, 1.165) is 25.2 Å². The van der Waals surface area contributed by atoms with Gasteiger partial charge in [0.25, 0.3) is 0 Å². The largest absolute Gasteiger partial charge is 0.103 e. The molecule has 0 heteroatoms. The summed E-state index contributed by atoms with van der Waals surface area (Å²) in [5.41, 5.74) is 0.